The van der Waals surface area contributed by atoms with E-state index in [9.17, 15) is 19.2 Å². The molecule has 2 rings (SSSR count). The number of nitrogens with one attached hydrogen (secondary N) is 1. The van der Waals surface area contributed by atoms with E-state index in [0.717, 1.165) is 15.7 Å². The van der Waals surface area contributed by atoms with Crippen LogP contribution in [-0.4, -0.2) is 33.3 Å². The number of rotatable bonds is 1. The van der Waals surface area contributed by atoms with E-state index < -0.39 is 23.2 Å². The Bertz CT molecular complexity index is 709. The van der Waals surface area contributed by atoms with E-state index >= 15 is 0 Å². The number of imide groups is 1. The number of carbonyl (C=O) groups is 2. The quantitative estimate of drug-likeness (QED) is 0.633. The van der Waals surface area contributed by atoms with Crippen LogP contribution in [0.1, 0.15) is 24.4 Å². The number of nitrogens with zero attached hydrogens (tertiary/aromatic N) is 3. The molecule has 1 aromatic rings. The first kappa shape index (κ1) is 12.8. The lowest BCUT2D eigenvalue weighted by Crippen LogP contribution is -2.46. The molecule has 0 aromatic carbocycles. The highest BCUT2D eigenvalue weighted by Crippen LogP contribution is 2.21. The number of hydrogen-bond donors (Lipinski definition) is 1. The largest absolute Gasteiger partial charge is 0.329 e. The van der Waals surface area contributed by atoms with Crippen molar-refractivity contribution in [2.24, 2.45) is 0 Å². The predicted molar refractivity (Wildman–Crippen MR) is 62.1 cm³/mol. The van der Waals surface area contributed by atoms with Gasteiger partial charge >= 0.3 is 5.69 Å². The summed E-state index contributed by atoms with van der Waals surface area (Å²) >= 11 is 0. The second-order valence-electron chi connectivity index (χ2n) is 4.17. The molecule has 98 valence electrons. The number of likely N-dealkylation sites (N-methyl/N-ethyl adjacent to an activating group) is 1. The van der Waals surface area contributed by atoms with Gasteiger partial charge in [0.25, 0.3) is 11.5 Å². The van der Waals surface area contributed by atoms with Crippen LogP contribution in [0, 0.1) is 11.3 Å². The molecular formula is C11H10N4O4. The summed E-state index contributed by atoms with van der Waals surface area (Å²) < 4.78 is 0.991. The third-order valence-electron chi connectivity index (χ3n) is 3.05. The molecular weight excluding hydrogens is 252 g/mol. The van der Waals surface area contributed by atoms with Crippen LogP contribution < -0.4 is 11.2 Å². The number of hydrogen-bond acceptors (Lipinski definition) is 5. The van der Waals surface area contributed by atoms with Gasteiger partial charge in [-0.2, -0.15) is 5.26 Å². The first-order valence-corrected chi connectivity index (χ1v) is 5.51. The van der Waals surface area contributed by atoms with Gasteiger partial charge in [0, 0.05) is 19.7 Å². The number of amides is 2. The minimum Gasteiger partial charge on any atom is -0.287 e. The molecule has 1 unspecified atom stereocenters. The molecule has 1 aliphatic heterocycles. The summed E-state index contributed by atoms with van der Waals surface area (Å²) in [6.45, 7) is 0. The first-order chi connectivity index (χ1) is 8.95. The molecule has 8 heteroatoms. The second kappa shape index (κ2) is 4.53. The molecule has 0 spiro atoms. The lowest BCUT2D eigenvalue weighted by molar-refractivity contribution is -0.149. The smallest absolute Gasteiger partial charge is 0.287 e. The molecule has 0 bridgehead atoms. The van der Waals surface area contributed by atoms with Crippen molar-refractivity contribution >= 4 is 11.8 Å². The van der Waals surface area contributed by atoms with Gasteiger partial charge in [-0.25, -0.2) is 4.79 Å². The van der Waals surface area contributed by atoms with E-state index in [4.69, 9.17) is 5.26 Å². The van der Waals surface area contributed by atoms with Crippen LogP contribution in [0.15, 0.2) is 15.8 Å². The van der Waals surface area contributed by atoms with Gasteiger partial charge in [0.2, 0.25) is 5.91 Å². The average Bonchev–Trinajstić information content (AvgIpc) is 2.37. The van der Waals surface area contributed by atoms with Crippen LogP contribution in [0.3, 0.4) is 0 Å². The zero-order valence-corrected chi connectivity index (χ0v) is 10.0. The Kier molecular flexibility index (Phi) is 3.04. The second-order valence-corrected chi connectivity index (χ2v) is 4.17. The molecule has 2 heterocycles. The lowest BCUT2D eigenvalue weighted by atomic mass is 10.0. The third kappa shape index (κ3) is 2.06. The Morgan fingerprint density at radius 3 is 2.68 bits per heavy atom. The Hall–Kier alpha value is -2.69. The SMILES string of the molecule is CN1C(=O)CCC(n2cc(C#N)c(=O)[nH]c2=O)C1=O. The van der Waals surface area contributed by atoms with Gasteiger partial charge in [0.05, 0.1) is 0 Å². The summed E-state index contributed by atoms with van der Waals surface area (Å²) in [4.78, 5) is 49.2. The summed E-state index contributed by atoms with van der Waals surface area (Å²) in [5, 5.41) is 8.76. The third-order valence-corrected chi connectivity index (χ3v) is 3.05. The van der Waals surface area contributed by atoms with Crippen LogP contribution in [0.4, 0.5) is 0 Å². The summed E-state index contributed by atoms with van der Waals surface area (Å²) in [5.41, 5.74) is -1.83. The Balaban J connectivity index is 2.52. The van der Waals surface area contributed by atoms with Crippen LogP contribution in [-0.2, 0) is 9.59 Å². The van der Waals surface area contributed by atoms with Gasteiger partial charge in [0.1, 0.15) is 17.7 Å². The molecule has 8 nitrogen and oxygen atoms in total. The van der Waals surface area contributed by atoms with Crippen LogP contribution >= 0.6 is 0 Å². The van der Waals surface area contributed by atoms with Crippen molar-refractivity contribution in [2.45, 2.75) is 18.9 Å². The van der Waals surface area contributed by atoms with Crippen LogP contribution in [0.5, 0.6) is 0 Å². The summed E-state index contributed by atoms with van der Waals surface area (Å²) in [6.07, 6.45) is 1.34. The zero-order chi connectivity index (χ0) is 14.2. The molecule has 1 aliphatic rings. The summed E-state index contributed by atoms with van der Waals surface area (Å²) in [6, 6.07) is 0.766. The average molecular weight is 262 g/mol. The topological polar surface area (TPSA) is 116 Å². The molecule has 19 heavy (non-hydrogen) atoms. The van der Waals surface area contributed by atoms with E-state index in [2.05, 4.69) is 0 Å². The molecule has 0 aliphatic carbocycles. The molecule has 1 N–H and O–H groups in total. The molecule has 1 atom stereocenters. The van der Waals surface area contributed by atoms with Gasteiger partial charge in [-0.15, -0.1) is 0 Å². The molecule has 0 radical (unpaired) electrons. The molecule has 1 fully saturated rings. The van der Waals surface area contributed by atoms with Crippen molar-refractivity contribution in [3.05, 3.63) is 32.6 Å². The van der Waals surface area contributed by atoms with Gasteiger partial charge in [-0.1, -0.05) is 0 Å². The van der Waals surface area contributed by atoms with Gasteiger partial charge < -0.3 is 0 Å². The van der Waals surface area contributed by atoms with Gasteiger partial charge in [-0.05, 0) is 6.42 Å². The molecule has 1 saturated heterocycles. The Labute approximate surface area is 106 Å². The zero-order valence-electron chi connectivity index (χ0n) is 10.0. The van der Waals surface area contributed by atoms with Crippen molar-refractivity contribution in [1.29, 1.82) is 5.26 Å². The summed E-state index contributed by atoms with van der Waals surface area (Å²) in [7, 11) is 1.33. The normalized spacial score (nSPS) is 19.4. The fourth-order valence-corrected chi connectivity index (χ4v) is 1.95. The Morgan fingerprint density at radius 1 is 1.37 bits per heavy atom. The number of piperidine rings is 1. The molecule has 0 saturated carbocycles. The number of carbonyl (C=O) groups excluding carboxylic acids is 2. The highest BCUT2D eigenvalue weighted by molar-refractivity contribution is 5.99. The molecule has 2 amide bonds. The summed E-state index contributed by atoms with van der Waals surface area (Å²) in [5.74, 6) is -0.853. The minimum atomic E-state index is -0.876. The minimum absolute atomic E-state index is 0.125. The number of nitriles is 1. The Morgan fingerprint density at radius 2 is 2.05 bits per heavy atom. The van der Waals surface area contributed by atoms with Crippen molar-refractivity contribution in [3.63, 3.8) is 0 Å². The highest BCUT2D eigenvalue weighted by atomic mass is 16.2. The standard InChI is InChI=1S/C11H10N4O4/c1-14-8(16)3-2-7(10(14)18)15-5-6(4-12)9(17)13-11(15)19/h5,7H,2-3H2,1H3,(H,13,17,19). The first-order valence-electron chi connectivity index (χ1n) is 5.51. The number of aromatic amines is 1. The van der Waals surface area contributed by atoms with Gasteiger partial charge in [0.15, 0.2) is 0 Å². The fraction of sp³-hybridized carbons (Fsp3) is 0.364. The van der Waals surface area contributed by atoms with Gasteiger partial charge in [-0.3, -0.25) is 28.8 Å². The monoisotopic (exact) mass is 262 g/mol. The fourth-order valence-electron chi connectivity index (χ4n) is 1.95. The van der Waals surface area contributed by atoms with E-state index in [-0.39, 0.29) is 24.3 Å². The molecule has 1 aromatic heterocycles. The lowest BCUT2D eigenvalue weighted by Gasteiger charge is -2.28. The predicted octanol–water partition coefficient (Wildman–Crippen LogP) is -1.27. The van der Waals surface area contributed by atoms with Crippen molar-refractivity contribution in [2.75, 3.05) is 7.05 Å². The maximum atomic E-state index is 11.9. The van der Waals surface area contributed by atoms with Crippen molar-refractivity contribution in [3.8, 4) is 6.07 Å². The van der Waals surface area contributed by atoms with E-state index in [1.165, 1.54) is 7.05 Å². The van der Waals surface area contributed by atoms with Crippen molar-refractivity contribution in [1.82, 2.24) is 14.5 Å². The van der Waals surface area contributed by atoms with Crippen LogP contribution in [0.25, 0.3) is 0 Å². The van der Waals surface area contributed by atoms with E-state index in [1.54, 1.807) is 6.07 Å². The number of aromatic nitrogens is 2. The maximum Gasteiger partial charge on any atom is 0.329 e. The number of likely N-dealkylation sites (tertiary alicyclic amines) is 1. The number of H-pyrrole nitrogens is 1. The van der Waals surface area contributed by atoms with E-state index in [1.807, 2.05) is 4.98 Å². The van der Waals surface area contributed by atoms with E-state index in [0.29, 0.717) is 0 Å². The van der Waals surface area contributed by atoms with Crippen LogP contribution in [0.2, 0.25) is 0 Å². The highest BCUT2D eigenvalue weighted by Gasteiger charge is 2.33. The van der Waals surface area contributed by atoms with Crippen molar-refractivity contribution < 1.29 is 9.59 Å². The maximum absolute atomic E-state index is 11.9.